The lowest BCUT2D eigenvalue weighted by atomic mass is 10.0. The van der Waals surface area contributed by atoms with Crippen molar-refractivity contribution >= 4 is 11.0 Å². The molecule has 5 heteroatoms. The van der Waals surface area contributed by atoms with Crippen LogP contribution in [0.4, 0.5) is 0 Å². The number of fused-ring (bicyclic) bond motifs is 3. The van der Waals surface area contributed by atoms with E-state index in [0.717, 1.165) is 43.2 Å². The summed E-state index contributed by atoms with van der Waals surface area (Å²) < 4.78 is 2.45. The average Bonchev–Trinajstić information content (AvgIpc) is 2.98. The normalized spacial score (nSPS) is 19.4. The van der Waals surface area contributed by atoms with Crippen LogP contribution in [0, 0.1) is 0 Å². The second kappa shape index (κ2) is 7.90. The number of hydrogen-bond donors (Lipinski definition) is 1. The molecule has 2 aliphatic heterocycles. The summed E-state index contributed by atoms with van der Waals surface area (Å²) in [5.41, 5.74) is 11.7. The van der Waals surface area contributed by atoms with E-state index < -0.39 is 0 Å². The molecule has 29 heavy (non-hydrogen) atoms. The summed E-state index contributed by atoms with van der Waals surface area (Å²) in [6.07, 6.45) is 3.64. The van der Waals surface area contributed by atoms with Gasteiger partial charge in [-0.1, -0.05) is 30.3 Å². The van der Waals surface area contributed by atoms with E-state index >= 15 is 0 Å². The van der Waals surface area contributed by atoms with E-state index in [2.05, 4.69) is 63.9 Å². The van der Waals surface area contributed by atoms with Crippen molar-refractivity contribution < 1.29 is 0 Å². The van der Waals surface area contributed by atoms with E-state index in [4.69, 9.17) is 10.7 Å². The first-order valence-electron chi connectivity index (χ1n) is 10.9. The third-order valence-corrected chi connectivity index (χ3v) is 6.79. The highest BCUT2D eigenvalue weighted by Crippen LogP contribution is 2.27. The van der Waals surface area contributed by atoms with E-state index in [1.807, 2.05) is 0 Å². The number of rotatable bonds is 3. The van der Waals surface area contributed by atoms with Gasteiger partial charge in [0.05, 0.1) is 11.0 Å². The van der Waals surface area contributed by atoms with Crippen LogP contribution in [0.5, 0.6) is 0 Å². The van der Waals surface area contributed by atoms with E-state index in [0.29, 0.717) is 6.54 Å². The first-order valence-corrected chi connectivity index (χ1v) is 10.9. The minimum Gasteiger partial charge on any atom is -0.327 e. The number of aromatic nitrogens is 2. The molecule has 5 nitrogen and oxygen atoms in total. The smallest absolute Gasteiger partial charge is 0.111 e. The highest BCUT2D eigenvalue weighted by molar-refractivity contribution is 5.82. The minimum atomic E-state index is 0.585. The van der Waals surface area contributed by atoms with Crippen LogP contribution in [-0.4, -0.2) is 58.6 Å². The highest BCUT2D eigenvalue weighted by atomic mass is 15.2. The fourth-order valence-electron chi connectivity index (χ4n) is 4.94. The zero-order valence-electron chi connectivity index (χ0n) is 17.3. The van der Waals surface area contributed by atoms with E-state index in [9.17, 15) is 0 Å². The highest BCUT2D eigenvalue weighted by Gasteiger charge is 2.26. The van der Waals surface area contributed by atoms with Gasteiger partial charge in [-0.05, 0) is 61.8 Å². The monoisotopic (exact) mass is 389 g/mol. The number of hydrogen-bond acceptors (Lipinski definition) is 4. The predicted octanol–water partition coefficient (Wildman–Crippen LogP) is 3.11. The van der Waals surface area contributed by atoms with Crippen molar-refractivity contribution in [3.8, 4) is 11.1 Å². The molecule has 1 saturated heterocycles. The number of benzene rings is 2. The van der Waals surface area contributed by atoms with Crippen LogP contribution in [0.25, 0.3) is 22.2 Å². The van der Waals surface area contributed by atoms with Gasteiger partial charge in [0.2, 0.25) is 0 Å². The fourth-order valence-corrected chi connectivity index (χ4v) is 4.94. The predicted molar refractivity (Wildman–Crippen MR) is 119 cm³/mol. The molecule has 0 atom stereocenters. The Balaban J connectivity index is 1.36. The van der Waals surface area contributed by atoms with Gasteiger partial charge < -0.3 is 15.2 Å². The molecule has 152 valence electrons. The molecule has 2 aromatic carbocycles. The third kappa shape index (κ3) is 3.70. The Kier molecular flexibility index (Phi) is 5.12. The topological polar surface area (TPSA) is 50.3 Å². The number of piperidine rings is 1. The first kappa shape index (κ1) is 18.8. The van der Waals surface area contributed by atoms with Gasteiger partial charge >= 0.3 is 0 Å². The Morgan fingerprint density at radius 3 is 2.45 bits per heavy atom. The summed E-state index contributed by atoms with van der Waals surface area (Å²) in [6.45, 7) is 6.35. The van der Waals surface area contributed by atoms with Crippen molar-refractivity contribution in [1.29, 1.82) is 0 Å². The van der Waals surface area contributed by atoms with E-state index in [1.165, 1.54) is 48.4 Å². The third-order valence-electron chi connectivity index (χ3n) is 6.79. The molecule has 2 aliphatic rings. The lowest BCUT2D eigenvalue weighted by Crippen LogP contribution is -2.44. The molecule has 0 amide bonds. The fraction of sp³-hybridized carbons (Fsp3) is 0.458. The summed E-state index contributed by atoms with van der Waals surface area (Å²) in [5, 5.41) is 0. The first-order chi connectivity index (χ1) is 14.2. The molecule has 1 fully saturated rings. The maximum Gasteiger partial charge on any atom is 0.111 e. The Morgan fingerprint density at radius 2 is 1.69 bits per heavy atom. The van der Waals surface area contributed by atoms with Gasteiger partial charge in [0.1, 0.15) is 5.82 Å². The lowest BCUT2D eigenvalue weighted by Gasteiger charge is -2.36. The van der Waals surface area contributed by atoms with Crippen molar-refractivity contribution in [3.63, 3.8) is 0 Å². The molecule has 0 bridgehead atoms. The number of imidazole rings is 1. The molecule has 0 spiro atoms. The molecule has 0 aliphatic carbocycles. The van der Waals surface area contributed by atoms with Gasteiger partial charge in [-0.25, -0.2) is 4.98 Å². The maximum atomic E-state index is 5.73. The molecular formula is C24H31N5. The summed E-state index contributed by atoms with van der Waals surface area (Å²) >= 11 is 0. The van der Waals surface area contributed by atoms with Crippen LogP contribution >= 0.6 is 0 Å². The Hall–Kier alpha value is -2.21. The van der Waals surface area contributed by atoms with E-state index in [-0.39, 0.29) is 0 Å². The van der Waals surface area contributed by atoms with Gasteiger partial charge in [0, 0.05) is 38.6 Å². The summed E-state index contributed by atoms with van der Waals surface area (Å²) in [4.78, 5) is 10.2. The number of likely N-dealkylation sites (tertiary alicyclic amines) is 1. The second-order valence-electron chi connectivity index (χ2n) is 8.60. The quantitative estimate of drug-likeness (QED) is 0.748. The van der Waals surface area contributed by atoms with Crippen molar-refractivity contribution in [2.24, 2.45) is 5.73 Å². The number of nitrogens with zero attached hydrogens (tertiary/aromatic N) is 4. The van der Waals surface area contributed by atoms with Crippen LogP contribution in [0.1, 0.15) is 24.2 Å². The number of nitrogens with two attached hydrogens (primary N) is 1. The van der Waals surface area contributed by atoms with Crippen molar-refractivity contribution in [2.75, 3.05) is 33.2 Å². The summed E-state index contributed by atoms with van der Waals surface area (Å²) in [6, 6.07) is 16.0. The Labute approximate surface area is 173 Å². The van der Waals surface area contributed by atoms with Crippen molar-refractivity contribution in [3.05, 3.63) is 53.9 Å². The molecule has 3 aromatic rings. The SMILES string of the molecule is CN1CCC(N2CCc3nc4cc(-c5ccc(CN)cc5)ccc4n3CC2)CC1. The van der Waals surface area contributed by atoms with Crippen LogP contribution in [0.2, 0.25) is 0 Å². The summed E-state index contributed by atoms with van der Waals surface area (Å²) in [5.74, 6) is 1.24. The molecule has 0 saturated carbocycles. The van der Waals surface area contributed by atoms with Gasteiger partial charge in [-0.2, -0.15) is 0 Å². The molecule has 1 aromatic heterocycles. The van der Waals surface area contributed by atoms with Gasteiger partial charge in [-0.3, -0.25) is 4.90 Å². The van der Waals surface area contributed by atoms with E-state index in [1.54, 1.807) is 0 Å². The van der Waals surface area contributed by atoms with Crippen LogP contribution in [0.3, 0.4) is 0 Å². The summed E-state index contributed by atoms with van der Waals surface area (Å²) in [7, 11) is 2.24. The van der Waals surface area contributed by atoms with Gasteiger partial charge in [0.25, 0.3) is 0 Å². The molecule has 0 radical (unpaired) electrons. The lowest BCUT2D eigenvalue weighted by molar-refractivity contribution is 0.123. The maximum absolute atomic E-state index is 5.73. The zero-order chi connectivity index (χ0) is 19.8. The van der Waals surface area contributed by atoms with Crippen LogP contribution in [-0.2, 0) is 19.5 Å². The van der Waals surface area contributed by atoms with Crippen LogP contribution < -0.4 is 5.73 Å². The molecule has 2 N–H and O–H groups in total. The van der Waals surface area contributed by atoms with Crippen molar-refractivity contribution in [2.45, 2.75) is 38.4 Å². The van der Waals surface area contributed by atoms with Gasteiger partial charge in [-0.15, -0.1) is 0 Å². The van der Waals surface area contributed by atoms with Crippen molar-refractivity contribution in [1.82, 2.24) is 19.4 Å². The Morgan fingerprint density at radius 1 is 0.931 bits per heavy atom. The zero-order valence-corrected chi connectivity index (χ0v) is 17.3. The van der Waals surface area contributed by atoms with Crippen LogP contribution in [0.15, 0.2) is 42.5 Å². The molecule has 5 rings (SSSR count). The standard InChI is InChI=1S/C24H31N5/c1-27-11-8-21(9-12-27)28-13-10-24-26-22-16-20(6-7-23(22)29(24)15-14-28)19-4-2-18(17-25)3-5-19/h2-7,16,21H,8-15,17,25H2,1H3. The Bertz CT molecular complexity index is 982. The largest absolute Gasteiger partial charge is 0.327 e. The molecule has 0 unspecified atom stereocenters. The molecule has 3 heterocycles. The minimum absolute atomic E-state index is 0.585. The van der Waals surface area contributed by atoms with Gasteiger partial charge in [0.15, 0.2) is 0 Å². The second-order valence-corrected chi connectivity index (χ2v) is 8.60. The average molecular weight is 390 g/mol. The molecular weight excluding hydrogens is 358 g/mol.